The Kier molecular flexibility index (Phi) is 3.66. The van der Waals surface area contributed by atoms with Gasteiger partial charge >= 0.3 is 0 Å². The zero-order valence-electron chi connectivity index (χ0n) is 9.50. The largest absolute Gasteiger partial charge is 0.381 e. The Labute approximate surface area is 101 Å². The van der Waals surface area contributed by atoms with Gasteiger partial charge in [0.25, 0.3) is 0 Å². The van der Waals surface area contributed by atoms with Crippen molar-refractivity contribution < 1.29 is 4.74 Å². The van der Waals surface area contributed by atoms with Crippen molar-refractivity contribution in [3.05, 3.63) is 23.9 Å². The lowest BCUT2D eigenvalue weighted by Crippen LogP contribution is -2.45. The summed E-state index contributed by atoms with van der Waals surface area (Å²) in [5.41, 5.74) is 0.961. The van der Waals surface area contributed by atoms with Gasteiger partial charge in [-0.2, -0.15) is 0 Å². The van der Waals surface area contributed by atoms with E-state index in [-0.39, 0.29) is 5.54 Å². The Bertz CT molecular complexity index is 351. The number of rotatable bonds is 3. The second-order valence-corrected chi connectivity index (χ2v) is 4.58. The maximum atomic E-state index is 6.08. The number of nitrogens with one attached hydrogen (secondary N) is 1. The fourth-order valence-electron chi connectivity index (χ4n) is 1.94. The number of aryl methyl sites for hydroxylation is 1. The number of halogens is 1. The Morgan fingerprint density at radius 3 is 2.81 bits per heavy atom. The zero-order chi connectivity index (χ0) is 11.4. The van der Waals surface area contributed by atoms with E-state index < -0.39 is 0 Å². The molecule has 88 valence electrons. The second kappa shape index (κ2) is 5.02. The lowest BCUT2D eigenvalue weighted by atomic mass is 9.92. The third-order valence-electron chi connectivity index (χ3n) is 2.99. The molecule has 2 rings (SSSR count). The molecule has 2 heterocycles. The maximum Gasteiger partial charge on any atom is 0.126 e. The van der Waals surface area contributed by atoms with Crippen molar-refractivity contribution >= 4 is 17.4 Å². The summed E-state index contributed by atoms with van der Waals surface area (Å²) in [6.45, 7) is 3.53. The highest BCUT2D eigenvalue weighted by molar-refractivity contribution is 6.18. The highest BCUT2D eigenvalue weighted by Gasteiger charge is 2.31. The molecule has 3 nitrogen and oxygen atoms in total. The summed E-state index contributed by atoms with van der Waals surface area (Å²) in [5, 5.41) is 3.46. The molecule has 1 saturated heterocycles. The number of ether oxygens (including phenoxy) is 1. The summed E-state index contributed by atoms with van der Waals surface area (Å²) in [6, 6.07) is 5.98. The molecule has 0 atom stereocenters. The van der Waals surface area contributed by atoms with Crippen molar-refractivity contribution in [1.29, 1.82) is 0 Å². The molecule has 1 aromatic heterocycles. The second-order valence-electron chi connectivity index (χ2n) is 4.32. The monoisotopic (exact) mass is 240 g/mol. The normalized spacial score (nSPS) is 19.4. The summed E-state index contributed by atoms with van der Waals surface area (Å²) in [4.78, 5) is 4.45. The van der Waals surface area contributed by atoms with Gasteiger partial charge in [0.05, 0.1) is 5.54 Å². The summed E-state index contributed by atoms with van der Waals surface area (Å²) in [5.74, 6) is 1.49. The summed E-state index contributed by atoms with van der Waals surface area (Å²) in [7, 11) is 0. The predicted molar refractivity (Wildman–Crippen MR) is 66.1 cm³/mol. The molecule has 0 bridgehead atoms. The molecule has 0 unspecified atom stereocenters. The first-order valence-electron chi connectivity index (χ1n) is 5.60. The standard InChI is InChI=1S/C12H17ClN2O/c1-10-3-2-4-11(14-10)15-12(9-13)5-7-16-8-6-12/h2-4H,5-9H2,1H3,(H,14,15). The average Bonchev–Trinajstić information content (AvgIpc) is 2.30. The molecule has 1 aromatic rings. The number of hydrogen-bond donors (Lipinski definition) is 1. The molecule has 0 amide bonds. The van der Waals surface area contributed by atoms with E-state index in [0.717, 1.165) is 37.6 Å². The van der Waals surface area contributed by atoms with Gasteiger partial charge in [-0.15, -0.1) is 11.6 Å². The van der Waals surface area contributed by atoms with E-state index >= 15 is 0 Å². The van der Waals surface area contributed by atoms with Crippen LogP contribution in [0.3, 0.4) is 0 Å². The maximum absolute atomic E-state index is 6.08. The van der Waals surface area contributed by atoms with Gasteiger partial charge in [0.1, 0.15) is 5.82 Å². The van der Waals surface area contributed by atoms with Crippen molar-refractivity contribution in [1.82, 2.24) is 4.98 Å². The average molecular weight is 241 g/mol. The van der Waals surface area contributed by atoms with Gasteiger partial charge in [0.2, 0.25) is 0 Å². The molecular formula is C12H17ClN2O. The lowest BCUT2D eigenvalue weighted by Gasteiger charge is -2.36. The van der Waals surface area contributed by atoms with Crippen molar-refractivity contribution in [3.8, 4) is 0 Å². The SMILES string of the molecule is Cc1cccc(NC2(CCl)CCOCC2)n1. The molecule has 16 heavy (non-hydrogen) atoms. The predicted octanol–water partition coefficient (Wildman–Crippen LogP) is 2.59. The van der Waals surface area contributed by atoms with Gasteiger partial charge in [-0.05, 0) is 31.9 Å². The molecule has 0 aromatic carbocycles. The van der Waals surface area contributed by atoms with Crippen LogP contribution in [0.5, 0.6) is 0 Å². The first-order chi connectivity index (χ1) is 7.74. The fraction of sp³-hybridized carbons (Fsp3) is 0.583. The summed E-state index contributed by atoms with van der Waals surface area (Å²) < 4.78 is 5.37. The Morgan fingerprint density at radius 2 is 2.19 bits per heavy atom. The van der Waals surface area contributed by atoms with Crippen LogP contribution in [0.2, 0.25) is 0 Å². The topological polar surface area (TPSA) is 34.1 Å². The molecule has 4 heteroatoms. The highest BCUT2D eigenvalue weighted by Crippen LogP contribution is 2.26. The molecule has 0 aliphatic carbocycles. The van der Waals surface area contributed by atoms with Gasteiger partial charge in [-0.3, -0.25) is 0 Å². The quantitative estimate of drug-likeness (QED) is 0.825. The van der Waals surface area contributed by atoms with Crippen LogP contribution >= 0.6 is 11.6 Å². The van der Waals surface area contributed by atoms with E-state index in [0.29, 0.717) is 5.88 Å². The Morgan fingerprint density at radius 1 is 1.44 bits per heavy atom. The van der Waals surface area contributed by atoms with Crippen LogP contribution < -0.4 is 5.32 Å². The molecule has 1 fully saturated rings. The molecule has 1 N–H and O–H groups in total. The van der Waals surface area contributed by atoms with E-state index in [4.69, 9.17) is 16.3 Å². The van der Waals surface area contributed by atoms with Crippen molar-refractivity contribution in [2.45, 2.75) is 25.3 Å². The van der Waals surface area contributed by atoms with E-state index in [1.54, 1.807) is 0 Å². The molecule has 0 saturated carbocycles. The molecule has 0 radical (unpaired) electrons. The van der Waals surface area contributed by atoms with Gasteiger partial charge in [-0.1, -0.05) is 6.07 Å². The van der Waals surface area contributed by atoms with E-state index in [9.17, 15) is 0 Å². The van der Waals surface area contributed by atoms with Crippen molar-refractivity contribution in [2.75, 3.05) is 24.4 Å². The van der Waals surface area contributed by atoms with Crippen LogP contribution in [0.25, 0.3) is 0 Å². The number of aromatic nitrogens is 1. The first-order valence-corrected chi connectivity index (χ1v) is 6.13. The van der Waals surface area contributed by atoms with Gasteiger partial charge in [0.15, 0.2) is 0 Å². The number of anilines is 1. The van der Waals surface area contributed by atoms with E-state index in [2.05, 4.69) is 10.3 Å². The minimum Gasteiger partial charge on any atom is -0.381 e. The Balaban J connectivity index is 2.11. The van der Waals surface area contributed by atoms with E-state index in [1.807, 2.05) is 25.1 Å². The molecular weight excluding hydrogens is 224 g/mol. The molecule has 1 aliphatic rings. The number of nitrogens with zero attached hydrogens (tertiary/aromatic N) is 1. The van der Waals surface area contributed by atoms with Crippen LogP contribution in [0, 0.1) is 6.92 Å². The third kappa shape index (κ3) is 2.66. The first kappa shape index (κ1) is 11.7. The van der Waals surface area contributed by atoms with Gasteiger partial charge < -0.3 is 10.1 Å². The lowest BCUT2D eigenvalue weighted by molar-refractivity contribution is 0.0666. The minimum absolute atomic E-state index is 0.0550. The van der Waals surface area contributed by atoms with Crippen LogP contribution in [-0.2, 0) is 4.74 Å². The third-order valence-corrected chi connectivity index (χ3v) is 3.50. The van der Waals surface area contributed by atoms with Gasteiger partial charge in [-0.25, -0.2) is 4.98 Å². The Hall–Kier alpha value is -0.800. The van der Waals surface area contributed by atoms with Crippen molar-refractivity contribution in [2.24, 2.45) is 0 Å². The fourth-order valence-corrected chi connectivity index (χ4v) is 2.27. The zero-order valence-corrected chi connectivity index (χ0v) is 10.3. The van der Waals surface area contributed by atoms with Crippen LogP contribution in [0.15, 0.2) is 18.2 Å². The van der Waals surface area contributed by atoms with Crippen LogP contribution in [-0.4, -0.2) is 29.6 Å². The minimum atomic E-state index is -0.0550. The number of hydrogen-bond acceptors (Lipinski definition) is 3. The smallest absolute Gasteiger partial charge is 0.126 e. The molecule has 1 aliphatic heterocycles. The summed E-state index contributed by atoms with van der Waals surface area (Å²) >= 11 is 6.08. The number of pyridine rings is 1. The number of alkyl halides is 1. The highest BCUT2D eigenvalue weighted by atomic mass is 35.5. The van der Waals surface area contributed by atoms with Gasteiger partial charge in [0, 0.05) is 24.8 Å². The summed E-state index contributed by atoms with van der Waals surface area (Å²) in [6.07, 6.45) is 1.87. The van der Waals surface area contributed by atoms with E-state index in [1.165, 1.54) is 0 Å². The van der Waals surface area contributed by atoms with Crippen molar-refractivity contribution in [3.63, 3.8) is 0 Å². The molecule has 0 spiro atoms. The van der Waals surface area contributed by atoms with Crippen LogP contribution in [0.4, 0.5) is 5.82 Å². The van der Waals surface area contributed by atoms with Crippen LogP contribution in [0.1, 0.15) is 18.5 Å².